The molecule has 0 radical (unpaired) electrons. The average molecular weight is 342 g/mol. The third-order valence-electron chi connectivity index (χ3n) is 5.59. The van der Waals surface area contributed by atoms with Gasteiger partial charge in [-0.3, -0.25) is 9.78 Å². The minimum atomic E-state index is 0.00786. The number of nitrogens with zero attached hydrogens (tertiary/aromatic N) is 2. The van der Waals surface area contributed by atoms with Crippen LogP contribution in [-0.4, -0.2) is 47.2 Å². The molecule has 0 bridgehead atoms. The summed E-state index contributed by atoms with van der Waals surface area (Å²) >= 11 is 0. The summed E-state index contributed by atoms with van der Waals surface area (Å²) in [6.07, 6.45) is 12.8. The quantitative estimate of drug-likeness (QED) is 0.772. The molecule has 0 N–H and O–H groups in total. The van der Waals surface area contributed by atoms with Crippen LogP contribution in [-0.2, 0) is 20.9 Å². The Morgan fingerprint density at radius 2 is 2.32 bits per heavy atom. The molecule has 1 amide bonds. The lowest BCUT2D eigenvalue weighted by molar-refractivity contribution is -0.152. The van der Waals surface area contributed by atoms with Crippen molar-refractivity contribution >= 4 is 5.91 Å². The summed E-state index contributed by atoms with van der Waals surface area (Å²) in [5, 5.41) is 0. The highest BCUT2D eigenvalue weighted by Gasteiger charge is 2.45. The number of ether oxygens (including phenoxy) is 2. The van der Waals surface area contributed by atoms with Crippen molar-refractivity contribution in [3.63, 3.8) is 0 Å². The molecule has 1 saturated heterocycles. The van der Waals surface area contributed by atoms with Crippen LogP contribution < -0.4 is 0 Å². The van der Waals surface area contributed by atoms with Crippen LogP contribution in [0, 0.1) is 5.92 Å². The number of aromatic nitrogens is 1. The minimum Gasteiger partial charge on any atom is -0.372 e. The van der Waals surface area contributed by atoms with Gasteiger partial charge in [0.2, 0.25) is 5.91 Å². The van der Waals surface area contributed by atoms with E-state index >= 15 is 0 Å². The number of rotatable bonds is 5. The molecular weight excluding hydrogens is 316 g/mol. The van der Waals surface area contributed by atoms with Crippen LogP contribution in [0.3, 0.4) is 0 Å². The molecule has 0 unspecified atom stereocenters. The predicted octanol–water partition coefficient (Wildman–Crippen LogP) is 2.71. The summed E-state index contributed by atoms with van der Waals surface area (Å²) < 4.78 is 12.1. The molecule has 2 aliphatic carbocycles. The van der Waals surface area contributed by atoms with Crippen molar-refractivity contribution in [2.45, 2.75) is 57.0 Å². The molecule has 1 aromatic rings. The van der Waals surface area contributed by atoms with Gasteiger partial charge in [0.05, 0.1) is 25.4 Å². The van der Waals surface area contributed by atoms with Gasteiger partial charge in [0.25, 0.3) is 0 Å². The van der Waals surface area contributed by atoms with Crippen LogP contribution in [0.5, 0.6) is 0 Å². The fraction of sp³-hybridized carbons (Fsp3) is 0.600. The summed E-state index contributed by atoms with van der Waals surface area (Å²) in [4.78, 5) is 19.0. The number of morpholine rings is 1. The van der Waals surface area contributed by atoms with E-state index < -0.39 is 0 Å². The Hall–Kier alpha value is -1.72. The van der Waals surface area contributed by atoms with Crippen LogP contribution in [0.15, 0.2) is 36.7 Å². The Balaban J connectivity index is 1.35. The summed E-state index contributed by atoms with van der Waals surface area (Å²) in [6, 6.07) is 4.11. The molecule has 1 aromatic heterocycles. The zero-order valence-electron chi connectivity index (χ0n) is 14.5. The van der Waals surface area contributed by atoms with Gasteiger partial charge in [-0.1, -0.05) is 18.2 Å². The molecule has 2 fully saturated rings. The minimum absolute atomic E-state index is 0.00786. The zero-order valence-corrected chi connectivity index (χ0v) is 14.5. The first-order chi connectivity index (χ1) is 12.3. The van der Waals surface area contributed by atoms with E-state index in [0.29, 0.717) is 32.1 Å². The molecule has 0 aromatic carbocycles. The van der Waals surface area contributed by atoms with Crippen LogP contribution >= 0.6 is 0 Å². The number of hydrogen-bond acceptors (Lipinski definition) is 4. The highest BCUT2D eigenvalue weighted by molar-refractivity contribution is 5.77. The number of pyridine rings is 1. The van der Waals surface area contributed by atoms with Gasteiger partial charge in [-0.2, -0.15) is 0 Å². The standard InChI is InChI=1S/C20H26N2O3/c23-19(12-15-4-1-2-5-15)22-10-11-24-20-17(22)7-8-18(20)25-14-16-6-3-9-21-13-16/h1,3-4,6,9,13,15,17-18,20H,2,5,7-8,10-12,14H2/t15-,17-,18-,20+/m0/s1. The Morgan fingerprint density at radius 1 is 1.36 bits per heavy atom. The molecule has 0 spiro atoms. The van der Waals surface area contributed by atoms with Crippen LogP contribution in [0.2, 0.25) is 0 Å². The SMILES string of the molecule is O=C(C[C@H]1C=CCC1)N1CCO[C@H]2[C@@H](OCc3cccnc3)CC[C@@H]21. The van der Waals surface area contributed by atoms with Crippen molar-refractivity contribution in [2.24, 2.45) is 5.92 Å². The lowest BCUT2D eigenvalue weighted by atomic mass is 10.0. The van der Waals surface area contributed by atoms with Gasteiger partial charge in [0.1, 0.15) is 6.10 Å². The monoisotopic (exact) mass is 342 g/mol. The van der Waals surface area contributed by atoms with E-state index in [4.69, 9.17) is 9.47 Å². The van der Waals surface area contributed by atoms with Crippen molar-refractivity contribution < 1.29 is 14.3 Å². The van der Waals surface area contributed by atoms with Crippen molar-refractivity contribution in [2.75, 3.05) is 13.2 Å². The van der Waals surface area contributed by atoms with Crippen LogP contribution in [0.1, 0.15) is 37.7 Å². The Morgan fingerprint density at radius 3 is 3.12 bits per heavy atom. The number of amides is 1. The third kappa shape index (κ3) is 3.77. The van der Waals surface area contributed by atoms with Crippen LogP contribution in [0.4, 0.5) is 0 Å². The Kier molecular flexibility index (Phi) is 5.13. The molecule has 2 heterocycles. The molecule has 1 saturated carbocycles. The van der Waals surface area contributed by atoms with E-state index in [1.165, 1.54) is 0 Å². The van der Waals surface area contributed by atoms with Gasteiger partial charge in [-0.15, -0.1) is 0 Å². The van der Waals surface area contributed by atoms with Gasteiger partial charge in [0.15, 0.2) is 0 Å². The first-order valence-electron chi connectivity index (χ1n) is 9.39. The van der Waals surface area contributed by atoms with E-state index in [1.807, 2.05) is 18.3 Å². The molecule has 5 nitrogen and oxygen atoms in total. The summed E-state index contributed by atoms with van der Waals surface area (Å²) in [7, 11) is 0. The summed E-state index contributed by atoms with van der Waals surface area (Å²) in [5.74, 6) is 0.704. The topological polar surface area (TPSA) is 51.7 Å². The molecule has 5 heteroatoms. The lowest BCUT2D eigenvalue weighted by Gasteiger charge is -2.39. The highest BCUT2D eigenvalue weighted by atomic mass is 16.5. The molecule has 1 aliphatic heterocycles. The number of hydrogen-bond donors (Lipinski definition) is 0. The second kappa shape index (κ2) is 7.67. The zero-order chi connectivity index (χ0) is 17.1. The smallest absolute Gasteiger partial charge is 0.223 e. The highest BCUT2D eigenvalue weighted by Crippen LogP contribution is 2.34. The maximum absolute atomic E-state index is 12.8. The first-order valence-corrected chi connectivity index (χ1v) is 9.39. The molecule has 3 aliphatic rings. The van der Waals surface area contributed by atoms with Gasteiger partial charge in [-0.25, -0.2) is 0 Å². The number of carbonyl (C=O) groups excluding carboxylic acids is 1. The fourth-order valence-electron chi connectivity index (χ4n) is 4.30. The van der Waals surface area contributed by atoms with Gasteiger partial charge in [0, 0.05) is 25.4 Å². The average Bonchev–Trinajstić information content (AvgIpc) is 3.30. The summed E-state index contributed by atoms with van der Waals surface area (Å²) in [6.45, 7) is 1.87. The molecule has 4 atom stereocenters. The van der Waals surface area contributed by atoms with E-state index in [1.54, 1.807) is 6.20 Å². The second-order valence-electron chi connectivity index (χ2n) is 7.25. The molecular formula is C20H26N2O3. The summed E-state index contributed by atoms with van der Waals surface area (Å²) in [5.41, 5.74) is 1.07. The Labute approximate surface area is 149 Å². The third-order valence-corrected chi connectivity index (χ3v) is 5.59. The van der Waals surface area contributed by atoms with Crippen molar-refractivity contribution in [3.05, 3.63) is 42.2 Å². The van der Waals surface area contributed by atoms with Gasteiger partial charge < -0.3 is 14.4 Å². The van der Waals surface area contributed by atoms with Gasteiger partial charge in [-0.05, 0) is 43.2 Å². The number of carbonyl (C=O) groups is 1. The van der Waals surface area contributed by atoms with E-state index in [0.717, 1.165) is 31.2 Å². The van der Waals surface area contributed by atoms with Crippen molar-refractivity contribution in [1.29, 1.82) is 0 Å². The van der Waals surface area contributed by atoms with E-state index in [-0.39, 0.29) is 24.2 Å². The largest absolute Gasteiger partial charge is 0.372 e. The molecule has 4 rings (SSSR count). The predicted molar refractivity (Wildman–Crippen MR) is 93.8 cm³/mol. The normalized spacial score (nSPS) is 31.3. The second-order valence-corrected chi connectivity index (χ2v) is 7.25. The van der Waals surface area contributed by atoms with Gasteiger partial charge >= 0.3 is 0 Å². The van der Waals surface area contributed by atoms with Crippen molar-refractivity contribution in [1.82, 2.24) is 9.88 Å². The van der Waals surface area contributed by atoms with E-state index in [9.17, 15) is 4.79 Å². The molecule has 25 heavy (non-hydrogen) atoms. The molecule has 134 valence electrons. The maximum atomic E-state index is 12.8. The Bertz CT molecular complexity index is 619. The maximum Gasteiger partial charge on any atom is 0.223 e. The van der Waals surface area contributed by atoms with Crippen LogP contribution in [0.25, 0.3) is 0 Å². The number of fused-ring (bicyclic) bond motifs is 1. The lowest BCUT2D eigenvalue weighted by Crippen LogP contribution is -2.54. The fourth-order valence-corrected chi connectivity index (χ4v) is 4.30. The van der Waals surface area contributed by atoms with E-state index in [2.05, 4.69) is 22.0 Å². The van der Waals surface area contributed by atoms with Crippen molar-refractivity contribution in [3.8, 4) is 0 Å². The first kappa shape index (κ1) is 16.7. The number of allylic oxidation sites excluding steroid dienone is 2.